The van der Waals surface area contributed by atoms with Gasteiger partial charge < -0.3 is 4.57 Å². The molecule has 6 nitrogen and oxygen atoms in total. The Bertz CT molecular complexity index is 1540. The van der Waals surface area contributed by atoms with Crippen LogP contribution in [-0.2, 0) is 16.1 Å². The molecule has 1 saturated heterocycles. The molecular formula is C27H19Cl2N3O3. The zero-order valence-electron chi connectivity index (χ0n) is 18.6. The number of carbonyl (C=O) groups is 3. The number of hydrogen-bond donors (Lipinski definition) is 1. The number of para-hydroxylation sites is 1. The molecule has 35 heavy (non-hydrogen) atoms. The molecule has 0 bridgehead atoms. The third kappa shape index (κ3) is 4.34. The van der Waals surface area contributed by atoms with E-state index < -0.39 is 17.8 Å². The van der Waals surface area contributed by atoms with Crippen LogP contribution >= 0.6 is 23.2 Å². The molecular weight excluding hydrogens is 485 g/mol. The van der Waals surface area contributed by atoms with Gasteiger partial charge in [0.25, 0.3) is 11.8 Å². The fourth-order valence-electron chi connectivity index (χ4n) is 4.08. The number of halogens is 2. The van der Waals surface area contributed by atoms with Crippen molar-refractivity contribution in [2.45, 2.75) is 13.5 Å². The zero-order chi connectivity index (χ0) is 24.7. The molecule has 0 aliphatic carbocycles. The average molecular weight is 504 g/mol. The predicted octanol–water partition coefficient (Wildman–Crippen LogP) is 5.97. The summed E-state index contributed by atoms with van der Waals surface area (Å²) in [7, 11) is 0. The molecule has 2 heterocycles. The van der Waals surface area contributed by atoms with Crippen LogP contribution in [0.2, 0.25) is 10.0 Å². The normalized spacial score (nSPS) is 15.2. The van der Waals surface area contributed by atoms with Crippen molar-refractivity contribution in [1.82, 2.24) is 9.88 Å². The van der Waals surface area contributed by atoms with E-state index in [9.17, 15) is 14.4 Å². The lowest BCUT2D eigenvalue weighted by Crippen LogP contribution is -2.54. The molecule has 4 amide bonds. The van der Waals surface area contributed by atoms with Crippen molar-refractivity contribution >= 4 is 63.7 Å². The van der Waals surface area contributed by atoms with Gasteiger partial charge in [-0.2, -0.15) is 0 Å². The van der Waals surface area contributed by atoms with E-state index in [1.54, 1.807) is 12.1 Å². The highest BCUT2D eigenvalue weighted by atomic mass is 35.5. The summed E-state index contributed by atoms with van der Waals surface area (Å²) >= 11 is 12.2. The number of rotatable bonds is 4. The molecule has 1 fully saturated rings. The molecule has 4 aromatic rings. The van der Waals surface area contributed by atoms with E-state index in [1.807, 2.05) is 66.2 Å². The van der Waals surface area contributed by atoms with Crippen LogP contribution in [0.25, 0.3) is 17.0 Å². The Morgan fingerprint density at radius 2 is 1.69 bits per heavy atom. The lowest BCUT2D eigenvalue weighted by Gasteiger charge is -2.26. The Balaban J connectivity index is 1.56. The van der Waals surface area contributed by atoms with Gasteiger partial charge in [-0.15, -0.1) is 0 Å². The number of fused-ring (bicyclic) bond motifs is 1. The fraction of sp³-hybridized carbons (Fsp3) is 0.0741. The van der Waals surface area contributed by atoms with Crippen molar-refractivity contribution in [3.8, 4) is 0 Å². The van der Waals surface area contributed by atoms with Crippen LogP contribution in [0.1, 0.15) is 16.7 Å². The van der Waals surface area contributed by atoms with Crippen LogP contribution in [-0.4, -0.2) is 22.4 Å². The maximum absolute atomic E-state index is 13.3. The van der Waals surface area contributed by atoms with E-state index in [4.69, 9.17) is 23.2 Å². The number of aromatic nitrogens is 1. The quantitative estimate of drug-likeness (QED) is 0.275. The van der Waals surface area contributed by atoms with Crippen molar-refractivity contribution in [2.24, 2.45) is 0 Å². The highest BCUT2D eigenvalue weighted by Crippen LogP contribution is 2.29. The van der Waals surface area contributed by atoms with Gasteiger partial charge >= 0.3 is 6.03 Å². The van der Waals surface area contributed by atoms with Gasteiger partial charge in [-0.3, -0.25) is 14.9 Å². The Hall–Kier alpha value is -3.87. The molecule has 1 aliphatic rings. The summed E-state index contributed by atoms with van der Waals surface area (Å²) in [5.74, 6) is -1.46. The van der Waals surface area contributed by atoms with Crippen molar-refractivity contribution in [3.05, 3.63) is 105 Å². The molecule has 5 rings (SSSR count). The minimum atomic E-state index is -0.817. The van der Waals surface area contributed by atoms with Crippen molar-refractivity contribution in [1.29, 1.82) is 0 Å². The minimum absolute atomic E-state index is 0.143. The van der Waals surface area contributed by atoms with Gasteiger partial charge in [0, 0.05) is 39.3 Å². The molecule has 0 radical (unpaired) electrons. The molecule has 0 unspecified atom stereocenters. The number of hydrogen-bond acceptors (Lipinski definition) is 3. The second kappa shape index (κ2) is 9.06. The van der Waals surface area contributed by atoms with Crippen molar-refractivity contribution in [3.63, 3.8) is 0 Å². The molecule has 1 N–H and O–H groups in total. The summed E-state index contributed by atoms with van der Waals surface area (Å²) in [4.78, 5) is 39.5. The van der Waals surface area contributed by atoms with E-state index >= 15 is 0 Å². The van der Waals surface area contributed by atoms with Gasteiger partial charge in [0.2, 0.25) is 0 Å². The van der Waals surface area contributed by atoms with Gasteiger partial charge in [-0.05, 0) is 54.5 Å². The number of nitrogens with one attached hydrogen (secondary N) is 1. The number of benzene rings is 3. The SMILES string of the molecule is Cc1ccc(N2C(=O)NC(=O)C(=Cc3cn(Cc4ccc(Cl)cc4)c4ccccc34)C2=O)cc1Cl. The van der Waals surface area contributed by atoms with Crippen LogP contribution < -0.4 is 10.2 Å². The smallest absolute Gasteiger partial charge is 0.335 e. The second-order valence-electron chi connectivity index (χ2n) is 8.25. The summed E-state index contributed by atoms with van der Waals surface area (Å²) in [6, 6.07) is 19.3. The first-order chi connectivity index (χ1) is 16.8. The van der Waals surface area contributed by atoms with E-state index in [-0.39, 0.29) is 11.3 Å². The third-order valence-electron chi connectivity index (χ3n) is 5.90. The van der Waals surface area contributed by atoms with E-state index in [0.29, 0.717) is 22.2 Å². The van der Waals surface area contributed by atoms with Crippen LogP contribution in [0, 0.1) is 6.92 Å². The van der Waals surface area contributed by atoms with Gasteiger partial charge in [0.1, 0.15) is 5.57 Å². The Morgan fingerprint density at radius 3 is 2.43 bits per heavy atom. The molecule has 0 atom stereocenters. The van der Waals surface area contributed by atoms with Crippen molar-refractivity contribution < 1.29 is 14.4 Å². The molecule has 0 saturated carbocycles. The van der Waals surface area contributed by atoms with Crippen LogP contribution in [0.4, 0.5) is 10.5 Å². The third-order valence-corrected chi connectivity index (χ3v) is 6.56. The summed E-state index contributed by atoms with van der Waals surface area (Å²) in [5, 5.41) is 4.20. The van der Waals surface area contributed by atoms with Crippen molar-refractivity contribution in [2.75, 3.05) is 4.90 Å². The summed E-state index contributed by atoms with van der Waals surface area (Å²) in [5.41, 5.74) is 3.62. The fourth-order valence-corrected chi connectivity index (χ4v) is 4.38. The molecule has 0 spiro atoms. The predicted molar refractivity (Wildman–Crippen MR) is 138 cm³/mol. The van der Waals surface area contributed by atoms with Crippen LogP contribution in [0.3, 0.4) is 0 Å². The second-order valence-corrected chi connectivity index (χ2v) is 9.09. The van der Waals surface area contributed by atoms with E-state index in [0.717, 1.165) is 26.9 Å². The Kier molecular flexibility index (Phi) is 5.93. The van der Waals surface area contributed by atoms with Gasteiger partial charge in [-0.25, -0.2) is 9.69 Å². The number of anilines is 1. The highest BCUT2D eigenvalue weighted by Gasteiger charge is 2.37. The summed E-state index contributed by atoms with van der Waals surface area (Å²) in [6.07, 6.45) is 3.41. The first kappa shape index (κ1) is 22.9. The van der Waals surface area contributed by atoms with Gasteiger partial charge in [-0.1, -0.05) is 59.6 Å². The number of urea groups is 1. The number of nitrogens with zero attached hydrogens (tertiary/aromatic N) is 2. The summed E-state index contributed by atoms with van der Waals surface area (Å²) in [6.45, 7) is 2.40. The molecule has 1 aromatic heterocycles. The number of imide groups is 2. The number of carbonyl (C=O) groups excluding carboxylic acids is 3. The van der Waals surface area contributed by atoms with Gasteiger partial charge in [0.15, 0.2) is 0 Å². The largest absolute Gasteiger partial charge is 0.342 e. The van der Waals surface area contributed by atoms with Gasteiger partial charge in [0.05, 0.1) is 5.69 Å². The number of aryl methyl sites for hydroxylation is 1. The maximum Gasteiger partial charge on any atom is 0.335 e. The Labute approximate surface area is 211 Å². The summed E-state index contributed by atoms with van der Waals surface area (Å²) < 4.78 is 2.04. The monoisotopic (exact) mass is 503 g/mol. The lowest BCUT2D eigenvalue weighted by molar-refractivity contribution is -0.122. The molecule has 3 aromatic carbocycles. The zero-order valence-corrected chi connectivity index (χ0v) is 20.1. The van der Waals surface area contributed by atoms with Crippen LogP contribution in [0.5, 0.6) is 0 Å². The Morgan fingerprint density at radius 1 is 0.943 bits per heavy atom. The molecule has 1 aliphatic heterocycles. The number of amides is 4. The first-order valence-electron chi connectivity index (χ1n) is 10.8. The minimum Gasteiger partial charge on any atom is -0.342 e. The maximum atomic E-state index is 13.3. The van der Waals surface area contributed by atoms with E-state index in [2.05, 4.69) is 5.32 Å². The standard InChI is InChI=1S/C27H19Cl2N3O3/c1-16-6-11-20(13-23(16)29)32-26(34)22(25(33)30-27(32)35)12-18-15-31(24-5-3-2-4-21(18)24)14-17-7-9-19(28)10-8-17/h2-13,15H,14H2,1H3,(H,30,33,35). The lowest BCUT2D eigenvalue weighted by atomic mass is 10.1. The van der Waals surface area contributed by atoms with Crippen LogP contribution in [0.15, 0.2) is 78.5 Å². The molecule has 8 heteroatoms. The molecule has 174 valence electrons. The number of barbiturate groups is 1. The average Bonchev–Trinajstić information content (AvgIpc) is 3.17. The highest BCUT2D eigenvalue weighted by molar-refractivity contribution is 6.39. The van der Waals surface area contributed by atoms with E-state index in [1.165, 1.54) is 12.1 Å². The first-order valence-corrected chi connectivity index (χ1v) is 11.6. The topological polar surface area (TPSA) is 71.4 Å².